The number of benzene rings is 1. The fourth-order valence-corrected chi connectivity index (χ4v) is 3.21. The molecule has 0 unspecified atom stereocenters. The maximum atomic E-state index is 12.7. The van der Waals surface area contributed by atoms with Gasteiger partial charge in [0.2, 0.25) is 5.95 Å². The molecule has 26 heavy (non-hydrogen) atoms. The monoisotopic (exact) mass is 368 g/mol. The highest BCUT2D eigenvalue weighted by Crippen LogP contribution is 2.36. The highest BCUT2D eigenvalue weighted by molar-refractivity contribution is 5.69. The lowest BCUT2D eigenvalue weighted by Gasteiger charge is -2.26. The van der Waals surface area contributed by atoms with E-state index < -0.39 is 23.6 Å². The Morgan fingerprint density at radius 3 is 2.58 bits per heavy atom. The summed E-state index contributed by atoms with van der Waals surface area (Å²) in [6.07, 6.45) is -3.36. The third-order valence-electron chi connectivity index (χ3n) is 4.54. The summed E-state index contributed by atoms with van der Waals surface area (Å²) in [5, 5.41) is 28.0. The van der Waals surface area contributed by atoms with E-state index in [2.05, 4.69) is 15.2 Å². The number of aromatic nitrogens is 3. The second-order valence-corrected chi connectivity index (χ2v) is 6.42. The summed E-state index contributed by atoms with van der Waals surface area (Å²) in [5.74, 6) is -0.171. The third kappa shape index (κ3) is 3.44. The number of halogens is 3. The standard InChI is InChI=1S/C17H19F3N4O2/c1-9-15(12-6-5-11(8-14(12)26)17(18,19)20)22-23-16(21-9)24-7-3-4-13(24)10(2)25/h5-6,8,10,13,25-26H,3-4,7H2,1-2H3/t10-,13-/m1/s1. The van der Waals surface area contributed by atoms with Crippen LogP contribution in [0.25, 0.3) is 11.3 Å². The van der Waals surface area contributed by atoms with Gasteiger partial charge in [-0.2, -0.15) is 13.2 Å². The first-order chi connectivity index (χ1) is 12.2. The first-order valence-corrected chi connectivity index (χ1v) is 8.25. The molecule has 9 heteroatoms. The minimum Gasteiger partial charge on any atom is -0.507 e. The van der Waals surface area contributed by atoms with Gasteiger partial charge in [0.1, 0.15) is 11.4 Å². The van der Waals surface area contributed by atoms with Crippen LogP contribution in [0, 0.1) is 6.92 Å². The Labute approximate surface area is 148 Å². The number of aromatic hydroxyl groups is 1. The number of aryl methyl sites for hydroxylation is 1. The number of hydrogen-bond acceptors (Lipinski definition) is 6. The van der Waals surface area contributed by atoms with Crippen LogP contribution in [-0.4, -0.2) is 44.1 Å². The normalized spacial score (nSPS) is 19.0. The van der Waals surface area contributed by atoms with Gasteiger partial charge in [0.25, 0.3) is 0 Å². The summed E-state index contributed by atoms with van der Waals surface area (Å²) >= 11 is 0. The van der Waals surface area contributed by atoms with Gasteiger partial charge in [0.05, 0.1) is 23.4 Å². The molecule has 1 aliphatic rings. The van der Waals surface area contributed by atoms with Gasteiger partial charge in [-0.25, -0.2) is 4.98 Å². The molecule has 1 saturated heterocycles. The van der Waals surface area contributed by atoms with E-state index in [1.54, 1.807) is 13.8 Å². The van der Waals surface area contributed by atoms with E-state index in [4.69, 9.17) is 0 Å². The van der Waals surface area contributed by atoms with Gasteiger partial charge >= 0.3 is 6.18 Å². The number of hydrogen-bond donors (Lipinski definition) is 2. The van der Waals surface area contributed by atoms with E-state index in [0.29, 0.717) is 24.3 Å². The Morgan fingerprint density at radius 1 is 1.27 bits per heavy atom. The SMILES string of the molecule is Cc1nc(N2CCC[C@@H]2[C@@H](C)O)nnc1-c1ccc(C(F)(F)F)cc1O. The summed E-state index contributed by atoms with van der Waals surface area (Å²) in [6, 6.07) is 2.61. The first kappa shape index (κ1) is 18.4. The average molecular weight is 368 g/mol. The van der Waals surface area contributed by atoms with Crippen molar-refractivity contribution in [3.8, 4) is 17.0 Å². The Hall–Kier alpha value is -2.42. The summed E-state index contributed by atoms with van der Waals surface area (Å²) in [5.41, 5.74) is -0.157. The lowest BCUT2D eigenvalue weighted by atomic mass is 10.1. The van der Waals surface area contributed by atoms with Crippen LogP contribution in [0.2, 0.25) is 0 Å². The molecule has 0 bridgehead atoms. The Morgan fingerprint density at radius 2 is 2.00 bits per heavy atom. The van der Waals surface area contributed by atoms with E-state index in [-0.39, 0.29) is 17.3 Å². The Balaban J connectivity index is 1.94. The molecule has 0 saturated carbocycles. The second kappa shape index (κ2) is 6.71. The molecule has 0 aliphatic carbocycles. The Kier molecular flexibility index (Phi) is 4.74. The molecule has 1 aliphatic heterocycles. The van der Waals surface area contributed by atoms with Crippen LogP contribution in [0.5, 0.6) is 5.75 Å². The van der Waals surface area contributed by atoms with Crippen molar-refractivity contribution in [3.63, 3.8) is 0 Å². The van der Waals surface area contributed by atoms with Crippen LogP contribution < -0.4 is 4.90 Å². The van der Waals surface area contributed by atoms with Crippen LogP contribution >= 0.6 is 0 Å². The number of phenolic OH excluding ortho intramolecular Hbond substituents is 1. The smallest absolute Gasteiger partial charge is 0.416 e. The molecule has 0 radical (unpaired) electrons. The maximum Gasteiger partial charge on any atom is 0.416 e. The van der Waals surface area contributed by atoms with Crippen molar-refractivity contribution in [2.24, 2.45) is 0 Å². The van der Waals surface area contributed by atoms with Crippen LogP contribution in [0.1, 0.15) is 31.0 Å². The van der Waals surface area contributed by atoms with Crippen molar-refractivity contribution in [2.75, 3.05) is 11.4 Å². The van der Waals surface area contributed by atoms with Crippen LogP contribution in [-0.2, 0) is 6.18 Å². The first-order valence-electron chi connectivity index (χ1n) is 8.25. The molecule has 2 atom stereocenters. The minimum atomic E-state index is -4.54. The minimum absolute atomic E-state index is 0.0958. The highest BCUT2D eigenvalue weighted by Gasteiger charge is 2.32. The maximum absolute atomic E-state index is 12.7. The number of anilines is 1. The summed E-state index contributed by atoms with van der Waals surface area (Å²) in [6.45, 7) is 4.05. The molecular weight excluding hydrogens is 349 g/mol. The predicted octanol–water partition coefficient (Wildman–Crippen LogP) is 2.92. The molecule has 2 aromatic rings. The number of phenols is 1. The quantitative estimate of drug-likeness (QED) is 0.867. The number of aliphatic hydroxyl groups is 1. The topological polar surface area (TPSA) is 82.4 Å². The number of aliphatic hydroxyl groups excluding tert-OH is 1. The molecule has 1 fully saturated rings. The van der Waals surface area contributed by atoms with Crippen molar-refractivity contribution >= 4 is 5.95 Å². The molecular formula is C17H19F3N4O2. The molecule has 0 amide bonds. The van der Waals surface area contributed by atoms with Gasteiger partial charge < -0.3 is 15.1 Å². The summed E-state index contributed by atoms with van der Waals surface area (Å²) < 4.78 is 38.2. The van der Waals surface area contributed by atoms with E-state index in [9.17, 15) is 23.4 Å². The molecule has 2 heterocycles. The van der Waals surface area contributed by atoms with Crippen molar-refractivity contribution in [1.29, 1.82) is 0 Å². The van der Waals surface area contributed by atoms with Crippen molar-refractivity contribution < 1.29 is 23.4 Å². The fourth-order valence-electron chi connectivity index (χ4n) is 3.21. The lowest BCUT2D eigenvalue weighted by molar-refractivity contribution is -0.137. The molecule has 140 valence electrons. The van der Waals surface area contributed by atoms with Gasteiger partial charge in [0, 0.05) is 12.1 Å². The highest BCUT2D eigenvalue weighted by atomic mass is 19.4. The van der Waals surface area contributed by atoms with Crippen molar-refractivity contribution in [1.82, 2.24) is 15.2 Å². The molecule has 0 spiro atoms. The van der Waals surface area contributed by atoms with Gasteiger partial charge in [-0.15, -0.1) is 10.2 Å². The fraction of sp³-hybridized carbons (Fsp3) is 0.471. The van der Waals surface area contributed by atoms with Crippen molar-refractivity contribution in [2.45, 2.75) is 45.0 Å². The lowest BCUT2D eigenvalue weighted by Crippen LogP contribution is -2.38. The van der Waals surface area contributed by atoms with Gasteiger partial charge in [-0.1, -0.05) is 0 Å². The molecule has 1 aromatic carbocycles. The second-order valence-electron chi connectivity index (χ2n) is 6.42. The van der Waals surface area contributed by atoms with Crippen molar-refractivity contribution in [3.05, 3.63) is 29.5 Å². The number of rotatable bonds is 3. The predicted molar refractivity (Wildman–Crippen MR) is 88.7 cm³/mol. The summed E-state index contributed by atoms with van der Waals surface area (Å²) in [4.78, 5) is 6.26. The van der Waals surface area contributed by atoms with Crippen LogP contribution in [0.4, 0.5) is 19.1 Å². The molecule has 3 rings (SSSR count). The van der Waals surface area contributed by atoms with E-state index >= 15 is 0 Å². The molecule has 2 N–H and O–H groups in total. The van der Waals surface area contributed by atoms with Crippen LogP contribution in [0.3, 0.4) is 0 Å². The average Bonchev–Trinajstić information content (AvgIpc) is 3.04. The van der Waals surface area contributed by atoms with Gasteiger partial charge in [0.15, 0.2) is 0 Å². The zero-order valence-electron chi connectivity index (χ0n) is 14.3. The van der Waals surface area contributed by atoms with E-state index in [1.807, 2.05) is 4.90 Å². The molecule has 6 nitrogen and oxygen atoms in total. The Bertz CT molecular complexity index is 811. The summed E-state index contributed by atoms with van der Waals surface area (Å²) in [7, 11) is 0. The number of nitrogens with zero attached hydrogens (tertiary/aromatic N) is 4. The van der Waals surface area contributed by atoms with E-state index in [1.165, 1.54) is 0 Å². The van der Waals surface area contributed by atoms with Gasteiger partial charge in [-0.3, -0.25) is 0 Å². The number of alkyl halides is 3. The van der Waals surface area contributed by atoms with E-state index in [0.717, 1.165) is 25.0 Å². The van der Waals surface area contributed by atoms with Crippen LogP contribution in [0.15, 0.2) is 18.2 Å². The zero-order valence-corrected chi connectivity index (χ0v) is 14.3. The largest absolute Gasteiger partial charge is 0.507 e. The zero-order chi connectivity index (χ0) is 19.1. The van der Waals surface area contributed by atoms with Gasteiger partial charge in [-0.05, 0) is 44.9 Å². The molecule has 1 aromatic heterocycles. The third-order valence-corrected chi connectivity index (χ3v) is 4.54.